The van der Waals surface area contributed by atoms with Crippen LogP contribution in [0.15, 0.2) is 24.3 Å². The number of halogens is 1. The van der Waals surface area contributed by atoms with Crippen LogP contribution in [0.2, 0.25) is 0 Å². The van der Waals surface area contributed by atoms with Crippen molar-refractivity contribution < 1.29 is 21.0 Å². The maximum atomic E-state index is 12.6. The molecule has 1 rings (SSSR count). The van der Waals surface area contributed by atoms with Crippen molar-refractivity contribution in [1.82, 2.24) is 0 Å². The number of benzene rings is 1. The average molecular weight is 237 g/mol. The zero-order chi connectivity index (χ0) is 10.6. The van der Waals surface area contributed by atoms with Crippen LogP contribution in [-0.2, 0) is 19.8 Å². The van der Waals surface area contributed by atoms with Gasteiger partial charge in [-0.3, -0.25) is 0 Å². The van der Waals surface area contributed by atoms with Crippen LogP contribution in [0.4, 0.5) is 4.39 Å². The molecule has 7 heteroatoms. The van der Waals surface area contributed by atoms with Crippen LogP contribution in [0.25, 0.3) is 0 Å². The fraction of sp³-hybridized carbons (Fsp3) is 0.143. The van der Waals surface area contributed by atoms with E-state index in [4.69, 9.17) is 0 Å². The third-order valence-electron chi connectivity index (χ3n) is 1.25. The Hall–Kier alpha value is -0.630. The summed E-state index contributed by atoms with van der Waals surface area (Å²) in [5, 5.41) is 0. The molecule has 0 bridgehead atoms. The van der Waals surface area contributed by atoms with Gasteiger partial charge in [0.05, 0.1) is 0 Å². The van der Waals surface area contributed by atoms with Gasteiger partial charge in [-0.25, -0.2) is 16.4 Å². The largest absolute Gasteiger partial charge is 0.725 e. The van der Waals surface area contributed by atoms with Crippen molar-refractivity contribution in [2.75, 3.05) is 0 Å². The molecule has 0 radical (unpaired) electrons. The summed E-state index contributed by atoms with van der Waals surface area (Å²) in [5.41, 5.74) is 0.540. The average Bonchev–Trinajstić information content (AvgIpc) is 2.01. The first-order valence-corrected chi connectivity index (χ1v) is 5.73. The molecule has 0 aliphatic rings. The molecule has 0 unspecified atom stereocenters. The quantitative estimate of drug-likeness (QED) is 0.450. The summed E-state index contributed by atoms with van der Waals surface area (Å²) < 4.78 is 46.5. The normalized spacial score (nSPS) is 11.6. The Morgan fingerprint density at radius 2 is 2.21 bits per heavy atom. The van der Waals surface area contributed by atoms with Gasteiger partial charge >= 0.3 is 0 Å². The van der Waals surface area contributed by atoms with E-state index in [9.17, 15) is 17.4 Å². The maximum Gasteiger partial charge on any atom is 0.228 e. The van der Waals surface area contributed by atoms with Crippen molar-refractivity contribution in [2.45, 2.75) is 5.75 Å². The summed E-state index contributed by atoms with van der Waals surface area (Å²) in [6.07, 6.45) is 0. The molecule has 0 N–H and O–H groups in total. The molecule has 1 aromatic carbocycles. The first kappa shape index (κ1) is 11.4. The number of rotatable bonds is 4. The Kier molecular flexibility index (Phi) is 3.87. The monoisotopic (exact) mass is 237 g/mol. The van der Waals surface area contributed by atoms with Crippen LogP contribution in [0.5, 0.6) is 0 Å². The van der Waals surface area contributed by atoms with Crippen molar-refractivity contribution in [1.29, 1.82) is 0 Å². The summed E-state index contributed by atoms with van der Waals surface area (Å²) in [4.78, 5) is 0. The van der Waals surface area contributed by atoms with Gasteiger partial charge in [0.15, 0.2) is 0 Å². The lowest BCUT2D eigenvalue weighted by Crippen LogP contribution is -1.97. The molecule has 1 aromatic rings. The molecule has 4 nitrogen and oxygen atoms in total. The highest BCUT2D eigenvalue weighted by molar-refractivity contribution is 8.02. The fourth-order valence-electron chi connectivity index (χ4n) is 0.778. The van der Waals surface area contributed by atoms with Gasteiger partial charge in [0.1, 0.15) is 5.82 Å². The van der Waals surface area contributed by atoms with Crippen molar-refractivity contribution in [2.24, 2.45) is 0 Å². The zero-order valence-corrected chi connectivity index (χ0v) is 8.48. The van der Waals surface area contributed by atoms with Crippen molar-refractivity contribution >= 4 is 22.4 Å². The third kappa shape index (κ3) is 4.56. The standard InChI is InChI=1S/C7H7FO4S2/c8-7-3-1-2-6(4-7)5-13-12-14(9,10)11/h1-4H,5H2,(H,9,10,11)/p-1. The second-order valence-corrected chi connectivity index (χ2v) is 4.25. The van der Waals surface area contributed by atoms with E-state index in [0.717, 1.165) is 0 Å². The van der Waals surface area contributed by atoms with Gasteiger partial charge in [0, 0.05) is 17.8 Å². The van der Waals surface area contributed by atoms with E-state index >= 15 is 0 Å². The van der Waals surface area contributed by atoms with Gasteiger partial charge in [-0.05, 0) is 17.7 Å². The Balaban J connectivity index is 2.47. The van der Waals surface area contributed by atoms with Gasteiger partial charge in [0.25, 0.3) is 0 Å². The van der Waals surface area contributed by atoms with Crippen LogP contribution in [0.1, 0.15) is 5.56 Å². The molecule has 0 heterocycles. The molecule has 0 aliphatic heterocycles. The van der Waals surface area contributed by atoms with E-state index in [0.29, 0.717) is 17.6 Å². The van der Waals surface area contributed by atoms with Crippen molar-refractivity contribution in [3.05, 3.63) is 35.6 Å². The molecule has 0 saturated heterocycles. The Morgan fingerprint density at radius 3 is 2.79 bits per heavy atom. The van der Waals surface area contributed by atoms with Crippen molar-refractivity contribution in [3.63, 3.8) is 0 Å². The zero-order valence-electron chi connectivity index (χ0n) is 6.84. The fourth-order valence-corrected chi connectivity index (χ4v) is 1.76. The van der Waals surface area contributed by atoms with Crippen LogP contribution >= 0.6 is 12.0 Å². The molecular weight excluding hydrogens is 231 g/mol. The van der Waals surface area contributed by atoms with E-state index in [2.05, 4.69) is 3.63 Å². The summed E-state index contributed by atoms with van der Waals surface area (Å²) in [7, 11) is -4.69. The smallest absolute Gasteiger partial charge is 0.228 e. The van der Waals surface area contributed by atoms with Crippen LogP contribution in [-0.4, -0.2) is 13.0 Å². The minimum absolute atomic E-state index is 0.0965. The van der Waals surface area contributed by atoms with Crippen molar-refractivity contribution in [3.8, 4) is 0 Å². The summed E-state index contributed by atoms with van der Waals surface area (Å²) in [6.45, 7) is 0. The van der Waals surface area contributed by atoms with Gasteiger partial charge < -0.3 is 4.55 Å². The van der Waals surface area contributed by atoms with E-state index in [1.807, 2.05) is 0 Å². The third-order valence-corrected chi connectivity index (χ3v) is 2.75. The lowest BCUT2D eigenvalue weighted by atomic mass is 10.2. The minimum Gasteiger partial charge on any atom is -0.725 e. The molecule has 0 saturated carbocycles. The van der Waals surface area contributed by atoms with E-state index in [1.165, 1.54) is 18.2 Å². The number of hydrogen-bond acceptors (Lipinski definition) is 5. The lowest BCUT2D eigenvalue weighted by Gasteiger charge is -2.05. The molecular formula is C7H6FO4S2-. The molecule has 78 valence electrons. The summed E-state index contributed by atoms with van der Waals surface area (Å²) in [5.74, 6) is -0.327. The predicted molar refractivity (Wildman–Crippen MR) is 48.5 cm³/mol. The Morgan fingerprint density at radius 1 is 1.50 bits per heavy atom. The molecule has 0 atom stereocenters. The van der Waals surface area contributed by atoms with Crippen LogP contribution in [0, 0.1) is 5.82 Å². The van der Waals surface area contributed by atoms with Gasteiger partial charge in [-0.1, -0.05) is 12.1 Å². The first-order chi connectivity index (χ1) is 6.47. The highest BCUT2D eigenvalue weighted by Gasteiger charge is 1.99. The topological polar surface area (TPSA) is 66.4 Å². The molecule has 14 heavy (non-hydrogen) atoms. The molecule has 0 aromatic heterocycles. The highest BCUT2D eigenvalue weighted by Crippen LogP contribution is 2.15. The van der Waals surface area contributed by atoms with Gasteiger partial charge in [0.2, 0.25) is 10.4 Å². The highest BCUT2D eigenvalue weighted by atomic mass is 32.3. The Bertz CT molecular complexity index is 404. The SMILES string of the molecule is O=S(=O)([O-])OSCc1cccc(F)c1. The lowest BCUT2D eigenvalue weighted by molar-refractivity contribution is 0.391. The minimum atomic E-state index is -4.69. The summed E-state index contributed by atoms with van der Waals surface area (Å²) in [6, 6.07) is 5.57. The first-order valence-electron chi connectivity index (χ1n) is 3.49. The molecule has 0 amide bonds. The second kappa shape index (κ2) is 4.74. The van der Waals surface area contributed by atoms with E-state index in [-0.39, 0.29) is 5.75 Å². The van der Waals surface area contributed by atoms with Crippen LogP contribution in [0.3, 0.4) is 0 Å². The molecule has 0 aliphatic carbocycles. The van der Waals surface area contributed by atoms with E-state index in [1.54, 1.807) is 6.07 Å². The van der Waals surface area contributed by atoms with Crippen LogP contribution < -0.4 is 0 Å². The number of hydrogen-bond donors (Lipinski definition) is 0. The van der Waals surface area contributed by atoms with Gasteiger partial charge in [-0.2, -0.15) is 0 Å². The van der Waals surface area contributed by atoms with Gasteiger partial charge in [-0.15, -0.1) is 0 Å². The second-order valence-electron chi connectivity index (χ2n) is 2.37. The Labute approximate surface area is 85.2 Å². The molecule has 0 fully saturated rings. The maximum absolute atomic E-state index is 12.6. The summed E-state index contributed by atoms with van der Waals surface area (Å²) >= 11 is 0.455. The van der Waals surface area contributed by atoms with E-state index < -0.39 is 16.2 Å². The predicted octanol–water partition coefficient (Wildman–Crippen LogP) is 1.45. The molecule has 0 spiro atoms.